The van der Waals surface area contributed by atoms with Crippen molar-refractivity contribution in [3.63, 3.8) is 0 Å². The summed E-state index contributed by atoms with van der Waals surface area (Å²) >= 11 is 2.48. The molecule has 0 aliphatic rings. The van der Waals surface area contributed by atoms with Crippen molar-refractivity contribution in [1.29, 1.82) is 0 Å². The third kappa shape index (κ3) is 14.2. The number of aliphatic hydroxyl groups is 1. The molecule has 0 bridgehead atoms. The predicted octanol–water partition coefficient (Wildman–Crippen LogP) is 2.52. The summed E-state index contributed by atoms with van der Waals surface area (Å²) < 4.78 is 16.0. The fourth-order valence-corrected chi connectivity index (χ4v) is 3.22. The number of nitrogens with zero attached hydrogens (tertiary/aromatic N) is 1. The van der Waals surface area contributed by atoms with Crippen LogP contribution in [0, 0.1) is 11.7 Å². The number of amidine groups is 1. The van der Waals surface area contributed by atoms with Crippen molar-refractivity contribution in [1.82, 2.24) is 15.4 Å². The molecule has 0 saturated heterocycles. The third-order valence-electron chi connectivity index (χ3n) is 3.72. The van der Waals surface area contributed by atoms with Gasteiger partial charge in [-0.3, -0.25) is 4.99 Å². The molecule has 0 spiro atoms. The van der Waals surface area contributed by atoms with E-state index in [-0.39, 0.29) is 6.54 Å². The summed E-state index contributed by atoms with van der Waals surface area (Å²) in [6.45, 7) is 7.79. The van der Waals surface area contributed by atoms with Gasteiger partial charge in [0.2, 0.25) is 0 Å². The van der Waals surface area contributed by atoms with Gasteiger partial charge in [-0.1, -0.05) is 13.5 Å². The Balaban J connectivity index is 4.53. The van der Waals surface area contributed by atoms with Crippen LogP contribution in [0.4, 0.5) is 4.39 Å². The average Bonchev–Trinajstić information content (AvgIpc) is 2.73. The van der Waals surface area contributed by atoms with Gasteiger partial charge < -0.3 is 26.2 Å². The Morgan fingerprint density at radius 1 is 1.41 bits per heavy atom. The van der Waals surface area contributed by atoms with Crippen molar-refractivity contribution >= 4 is 28.9 Å². The van der Waals surface area contributed by atoms with E-state index in [1.807, 2.05) is 13.0 Å². The van der Waals surface area contributed by atoms with Crippen LogP contribution in [0.1, 0.15) is 26.2 Å². The van der Waals surface area contributed by atoms with Crippen molar-refractivity contribution in [2.24, 2.45) is 10.7 Å². The first-order chi connectivity index (χ1) is 14.0. The molecule has 6 nitrogen and oxygen atoms in total. The highest BCUT2D eigenvalue weighted by Gasteiger charge is 2.06. The number of allylic oxidation sites excluding steroid dienone is 3. The Morgan fingerprint density at radius 2 is 2.14 bits per heavy atom. The van der Waals surface area contributed by atoms with E-state index in [2.05, 4.69) is 32.2 Å². The van der Waals surface area contributed by atoms with Crippen LogP contribution in [0.3, 0.4) is 0 Å². The number of thioether (sulfide) groups is 1. The van der Waals surface area contributed by atoms with Gasteiger partial charge in [0.1, 0.15) is 6.67 Å². The summed E-state index contributed by atoms with van der Waals surface area (Å²) in [5, 5.41) is 18.9. The van der Waals surface area contributed by atoms with Crippen molar-refractivity contribution < 1.29 is 9.50 Å². The Bertz CT molecular complexity index is 602. The molecule has 0 fully saturated rings. The van der Waals surface area contributed by atoms with Gasteiger partial charge in [-0.05, 0) is 72.5 Å². The molecule has 0 rings (SSSR count). The van der Waals surface area contributed by atoms with Gasteiger partial charge in [0.05, 0.1) is 6.10 Å². The number of alkyl halides is 1. The molecule has 1 unspecified atom stereocenters. The van der Waals surface area contributed by atoms with Gasteiger partial charge in [-0.2, -0.15) is 0 Å². The zero-order chi connectivity index (χ0) is 21.9. The second kappa shape index (κ2) is 18.6. The first-order valence-corrected chi connectivity index (χ1v) is 11.2. The predicted molar refractivity (Wildman–Crippen MR) is 127 cm³/mol. The summed E-state index contributed by atoms with van der Waals surface area (Å²) in [7, 11) is 1.66. The Kier molecular flexibility index (Phi) is 17.7. The van der Waals surface area contributed by atoms with Crippen molar-refractivity contribution in [3.8, 4) is 11.7 Å². The van der Waals surface area contributed by atoms with Crippen LogP contribution in [0.15, 0.2) is 39.9 Å². The quantitative estimate of drug-likeness (QED) is 0.0663. The number of terminal acetylenes is 1. The van der Waals surface area contributed by atoms with E-state index in [4.69, 9.17) is 12.2 Å². The van der Waals surface area contributed by atoms with Crippen LogP contribution in [0.5, 0.6) is 0 Å². The summed E-state index contributed by atoms with van der Waals surface area (Å²) in [5.74, 6) is 0. The maximum absolute atomic E-state index is 13.0. The number of nitrogens with one attached hydrogen (secondary N) is 3. The summed E-state index contributed by atoms with van der Waals surface area (Å²) in [5.41, 5.74) is 7.12. The molecule has 6 N–H and O–H groups in total. The molecule has 0 aliphatic carbocycles. The monoisotopic (exact) mass is 443 g/mol. The number of unbranched alkanes of at least 4 members (excludes halogenated alkanes) is 1. The molecule has 0 radical (unpaired) electrons. The first-order valence-electron chi connectivity index (χ1n) is 9.53. The van der Waals surface area contributed by atoms with Crippen LogP contribution < -0.4 is 21.1 Å². The minimum atomic E-state index is -0.540. The van der Waals surface area contributed by atoms with Gasteiger partial charge in [0.25, 0.3) is 0 Å². The van der Waals surface area contributed by atoms with E-state index in [0.717, 1.165) is 60.3 Å². The summed E-state index contributed by atoms with van der Waals surface area (Å²) in [4.78, 5) is 4.82. The minimum absolute atomic E-state index is 0.256. The third-order valence-corrected chi connectivity index (χ3v) is 5.12. The standard InChI is InChI=1S/C20H34FN5OS2/c1-5-17(13-16(3)29-26-20(23-4)28-6-2)19(9-10-21)25-12-8-7-11-24-15-18(27)14-22/h2,9,13,18,24-25,27H,3,5,7-8,10-12,14-15,22H2,1,4H3,(H,23,26)/b17-13-,19-9+. The van der Waals surface area contributed by atoms with Crippen molar-refractivity contribution in [2.75, 3.05) is 39.9 Å². The van der Waals surface area contributed by atoms with E-state index < -0.39 is 12.8 Å². The largest absolute Gasteiger partial charge is 0.390 e. The molecule has 0 heterocycles. The Morgan fingerprint density at radius 3 is 2.72 bits per heavy atom. The maximum Gasteiger partial charge on any atom is 0.179 e. The minimum Gasteiger partial charge on any atom is -0.390 e. The highest BCUT2D eigenvalue weighted by molar-refractivity contribution is 8.19. The fraction of sp³-hybridized carbons (Fsp3) is 0.550. The van der Waals surface area contributed by atoms with Crippen LogP contribution in [-0.4, -0.2) is 56.3 Å². The van der Waals surface area contributed by atoms with Crippen LogP contribution in [-0.2, 0) is 0 Å². The molecule has 0 aliphatic heterocycles. The lowest BCUT2D eigenvalue weighted by atomic mass is 10.1. The number of halogens is 1. The molecule has 9 heteroatoms. The average molecular weight is 444 g/mol. The zero-order valence-electron chi connectivity index (χ0n) is 17.3. The van der Waals surface area contributed by atoms with Crippen LogP contribution in [0.2, 0.25) is 0 Å². The highest BCUT2D eigenvalue weighted by Crippen LogP contribution is 2.20. The number of hydrogen-bond acceptors (Lipinski definition) is 7. The van der Waals surface area contributed by atoms with E-state index in [9.17, 15) is 9.50 Å². The number of nitrogens with two attached hydrogens (primary N) is 1. The van der Waals surface area contributed by atoms with Crippen molar-refractivity contribution in [2.45, 2.75) is 32.3 Å². The molecule has 0 aromatic rings. The molecule has 29 heavy (non-hydrogen) atoms. The second-order valence-electron chi connectivity index (χ2n) is 5.94. The molecule has 1 atom stereocenters. The van der Waals surface area contributed by atoms with Gasteiger partial charge in [0, 0.05) is 37.3 Å². The number of aliphatic imine (C=N–C) groups is 1. The van der Waals surface area contributed by atoms with Crippen LogP contribution in [0.25, 0.3) is 0 Å². The van der Waals surface area contributed by atoms with Gasteiger partial charge in [0.15, 0.2) is 5.17 Å². The van der Waals surface area contributed by atoms with Crippen LogP contribution >= 0.6 is 23.7 Å². The summed E-state index contributed by atoms with van der Waals surface area (Å²) in [6, 6.07) is 0. The SMILES string of the molecule is C#CSC(=NC)NSC(=C)/C=C(CC)\C(=C/CF)NCCCCNCC(O)CN. The lowest BCUT2D eigenvalue weighted by Gasteiger charge is -2.15. The van der Waals surface area contributed by atoms with Crippen molar-refractivity contribution in [3.05, 3.63) is 34.9 Å². The second-order valence-corrected chi connectivity index (χ2v) is 7.70. The van der Waals surface area contributed by atoms with E-state index >= 15 is 0 Å². The Labute approximate surface area is 183 Å². The highest BCUT2D eigenvalue weighted by atomic mass is 32.2. The van der Waals surface area contributed by atoms with E-state index in [1.54, 1.807) is 13.1 Å². The molecule has 0 amide bonds. The number of rotatable bonds is 15. The maximum atomic E-state index is 13.0. The number of aliphatic hydroxyl groups excluding tert-OH is 1. The zero-order valence-corrected chi connectivity index (χ0v) is 19.0. The van der Waals surface area contributed by atoms with E-state index in [1.165, 1.54) is 11.9 Å². The molecular formula is C20H34FN5OS2. The molecule has 0 saturated carbocycles. The van der Waals surface area contributed by atoms with Gasteiger partial charge in [-0.15, -0.1) is 6.42 Å². The lowest BCUT2D eigenvalue weighted by molar-refractivity contribution is 0.179. The van der Waals surface area contributed by atoms with E-state index in [0.29, 0.717) is 11.7 Å². The molecule has 0 aromatic carbocycles. The fourth-order valence-electron chi connectivity index (χ4n) is 2.22. The lowest BCUT2D eigenvalue weighted by Crippen LogP contribution is -2.33. The molecular weight excluding hydrogens is 409 g/mol. The molecule has 164 valence electrons. The molecule has 0 aromatic heterocycles. The van der Waals surface area contributed by atoms with Gasteiger partial charge in [-0.25, -0.2) is 4.39 Å². The van der Waals surface area contributed by atoms with Gasteiger partial charge >= 0.3 is 0 Å². The summed E-state index contributed by atoms with van der Waals surface area (Å²) in [6.07, 6.45) is 10.8. The smallest absolute Gasteiger partial charge is 0.179 e. The number of hydrogen-bond donors (Lipinski definition) is 5. The first kappa shape index (κ1) is 27.6. The normalized spacial score (nSPS) is 13.7. The Hall–Kier alpha value is -1.44. The topological polar surface area (TPSA) is 94.7 Å².